The Morgan fingerprint density at radius 2 is 2.11 bits per heavy atom. The number of hydrogen-bond acceptors (Lipinski definition) is 2. The largest absolute Gasteiger partial charge is 0.311 e. The van der Waals surface area contributed by atoms with Gasteiger partial charge in [-0.3, -0.25) is 4.90 Å². The third kappa shape index (κ3) is 3.80. The molecule has 19 heavy (non-hydrogen) atoms. The number of nitrogens with one attached hydrogen (secondary N) is 1. The van der Waals surface area contributed by atoms with Gasteiger partial charge >= 0.3 is 0 Å². The smallest absolute Gasteiger partial charge is 0.0249 e. The summed E-state index contributed by atoms with van der Waals surface area (Å²) in [5.74, 6) is 0.688. The second-order valence-electron chi connectivity index (χ2n) is 5.85. The number of piperazine rings is 1. The minimum atomic E-state index is 0.634. The highest BCUT2D eigenvalue weighted by molar-refractivity contribution is 9.10. The summed E-state index contributed by atoms with van der Waals surface area (Å²) in [6, 6.07) is 9.85. The second-order valence-corrected chi connectivity index (χ2v) is 6.70. The van der Waals surface area contributed by atoms with Crippen LogP contribution in [0.25, 0.3) is 0 Å². The first-order valence-corrected chi connectivity index (χ1v) is 8.12. The van der Waals surface area contributed by atoms with Crippen LogP contribution >= 0.6 is 15.9 Å². The van der Waals surface area contributed by atoms with Gasteiger partial charge in [0.25, 0.3) is 0 Å². The van der Waals surface area contributed by atoms with Gasteiger partial charge in [-0.05, 0) is 24.0 Å². The fourth-order valence-corrected chi connectivity index (χ4v) is 3.27. The first-order valence-electron chi connectivity index (χ1n) is 7.32. The van der Waals surface area contributed by atoms with E-state index < -0.39 is 0 Å². The van der Waals surface area contributed by atoms with Crippen molar-refractivity contribution in [3.8, 4) is 0 Å². The zero-order chi connectivity index (χ0) is 13.8. The van der Waals surface area contributed by atoms with Crippen LogP contribution in [0.15, 0.2) is 28.7 Å². The Balaban J connectivity index is 2.11. The van der Waals surface area contributed by atoms with Gasteiger partial charge in [0.1, 0.15) is 0 Å². The molecule has 106 valence electrons. The summed E-state index contributed by atoms with van der Waals surface area (Å²) in [6.45, 7) is 10.2. The highest BCUT2D eigenvalue weighted by atomic mass is 79.9. The van der Waals surface area contributed by atoms with Crippen LogP contribution in [0, 0.1) is 5.92 Å². The third-order valence-electron chi connectivity index (χ3n) is 4.13. The SMILES string of the molecule is CCC1CN(Cc2ccccc2Br)C(C(C)C)CN1. The van der Waals surface area contributed by atoms with Crippen LogP contribution in [-0.2, 0) is 6.54 Å². The summed E-state index contributed by atoms with van der Waals surface area (Å²) in [5, 5.41) is 3.68. The lowest BCUT2D eigenvalue weighted by molar-refractivity contribution is 0.0898. The van der Waals surface area contributed by atoms with Gasteiger partial charge in [0.15, 0.2) is 0 Å². The summed E-state index contributed by atoms with van der Waals surface area (Å²) in [6.07, 6.45) is 1.21. The molecule has 2 atom stereocenters. The Labute approximate surface area is 125 Å². The van der Waals surface area contributed by atoms with Gasteiger partial charge in [-0.15, -0.1) is 0 Å². The minimum absolute atomic E-state index is 0.634. The first-order chi connectivity index (χ1) is 9.11. The molecule has 1 heterocycles. The maximum absolute atomic E-state index is 3.68. The maximum atomic E-state index is 3.68. The molecule has 2 unspecified atom stereocenters. The number of hydrogen-bond donors (Lipinski definition) is 1. The molecule has 0 bridgehead atoms. The summed E-state index contributed by atoms with van der Waals surface area (Å²) >= 11 is 3.67. The predicted octanol–water partition coefficient (Wildman–Crippen LogP) is 3.66. The van der Waals surface area contributed by atoms with E-state index in [-0.39, 0.29) is 0 Å². The van der Waals surface area contributed by atoms with E-state index in [4.69, 9.17) is 0 Å². The molecule has 1 saturated heterocycles. The zero-order valence-electron chi connectivity index (χ0n) is 12.2. The lowest BCUT2D eigenvalue weighted by atomic mass is 9.97. The van der Waals surface area contributed by atoms with E-state index in [0.29, 0.717) is 18.0 Å². The molecule has 0 spiro atoms. The molecule has 1 N–H and O–H groups in total. The van der Waals surface area contributed by atoms with Crippen molar-refractivity contribution in [3.05, 3.63) is 34.3 Å². The van der Waals surface area contributed by atoms with E-state index in [9.17, 15) is 0 Å². The lowest BCUT2D eigenvalue weighted by Crippen LogP contribution is -2.57. The Kier molecular flexibility index (Phi) is 5.43. The second kappa shape index (κ2) is 6.87. The number of benzene rings is 1. The Bertz CT molecular complexity index is 405. The molecule has 0 saturated carbocycles. The molecular formula is C16H25BrN2. The Hall–Kier alpha value is -0.380. The van der Waals surface area contributed by atoms with Gasteiger partial charge in [0.2, 0.25) is 0 Å². The minimum Gasteiger partial charge on any atom is -0.311 e. The van der Waals surface area contributed by atoms with E-state index in [1.54, 1.807) is 0 Å². The van der Waals surface area contributed by atoms with E-state index in [1.807, 2.05) is 0 Å². The summed E-state index contributed by atoms with van der Waals surface area (Å²) in [7, 11) is 0. The fraction of sp³-hybridized carbons (Fsp3) is 0.625. The monoisotopic (exact) mass is 324 g/mol. The molecule has 2 nitrogen and oxygen atoms in total. The first kappa shape index (κ1) is 15.0. The Morgan fingerprint density at radius 3 is 2.74 bits per heavy atom. The third-order valence-corrected chi connectivity index (χ3v) is 4.91. The van der Waals surface area contributed by atoms with Crippen molar-refractivity contribution in [1.82, 2.24) is 10.2 Å². The van der Waals surface area contributed by atoms with Crippen LogP contribution < -0.4 is 5.32 Å². The van der Waals surface area contributed by atoms with Gasteiger partial charge in [0, 0.05) is 36.2 Å². The fourth-order valence-electron chi connectivity index (χ4n) is 2.86. The predicted molar refractivity (Wildman–Crippen MR) is 85.3 cm³/mol. The number of nitrogens with zero attached hydrogens (tertiary/aromatic N) is 1. The van der Waals surface area contributed by atoms with Gasteiger partial charge in [-0.1, -0.05) is 54.9 Å². The maximum Gasteiger partial charge on any atom is 0.0249 e. The van der Waals surface area contributed by atoms with Crippen LogP contribution in [0.1, 0.15) is 32.8 Å². The van der Waals surface area contributed by atoms with E-state index in [1.165, 1.54) is 16.5 Å². The highest BCUT2D eigenvalue weighted by Crippen LogP contribution is 2.23. The molecule has 0 aliphatic carbocycles. The molecule has 0 amide bonds. The van der Waals surface area contributed by atoms with Crippen LogP contribution in [0.5, 0.6) is 0 Å². The van der Waals surface area contributed by atoms with E-state index in [0.717, 1.165) is 19.6 Å². The molecule has 1 aromatic rings. The topological polar surface area (TPSA) is 15.3 Å². The molecule has 1 aromatic carbocycles. The molecule has 0 radical (unpaired) electrons. The molecule has 2 rings (SSSR count). The van der Waals surface area contributed by atoms with E-state index >= 15 is 0 Å². The lowest BCUT2D eigenvalue weighted by Gasteiger charge is -2.42. The van der Waals surface area contributed by atoms with Gasteiger partial charge < -0.3 is 5.32 Å². The van der Waals surface area contributed by atoms with Crippen LogP contribution in [0.3, 0.4) is 0 Å². The molecule has 0 aromatic heterocycles. The molecule has 1 aliphatic heterocycles. The van der Waals surface area contributed by atoms with Crippen molar-refractivity contribution in [2.75, 3.05) is 13.1 Å². The number of rotatable bonds is 4. The summed E-state index contributed by atoms with van der Waals surface area (Å²) in [4.78, 5) is 2.65. The van der Waals surface area contributed by atoms with E-state index in [2.05, 4.69) is 71.2 Å². The average Bonchev–Trinajstić information content (AvgIpc) is 2.41. The molecule has 1 fully saturated rings. The van der Waals surface area contributed by atoms with Gasteiger partial charge in [-0.25, -0.2) is 0 Å². The molecule has 1 aliphatic rings. The van der Waals surface area contributed by atoms with Crippen molar-refractivity contribution in [3.63, 3.8) is 0 Å². The van der Waals surface area contributed by atoms with Gasteiger partial charge in [-0.2, -0.15) is 0 Å². The van der Waals surface area contributed by atoms with Crippen molar-refractivity contribution >= 4 is 15.9 Å². The number of halogens is 1. The highest BCUT2D eigenvalue weighted by Gasteiger charge is 2.29. The van der Waals surface area contributed by atoms with Crippen molar-refractivity contribution in [1.29, 1.82) is 0 Å². The van der Waals surface area contributed by atoms with Gasteiger partial charge in [0.05, 0.1) is 0 Å². The standard InChI is InChI=1S/C16H25BrN2/c1-4-14-11-19(16(9-18-14)12(2)3)10-13-7-5-6-8-15(13)17/h5-8,12,14,16,18H,4,9-11H2,1-3H3. The average molecular weight is 325 g/mol. The molecule has 3 heteroatoms. The van der Waals surface area contributed by atoms with Crippen molar-refractivity contribution in [2.45, 2.75) is 45.8 Å². The Morgan fingerprint density at radius 1 is 1.37 bits per heavy atom. The van der Waals surface area contributed by atoms with Crippen molar-refractivity contribution < 1.29 is 0 Å². The van der Waals surface area contributed by atoms with Crippen molar-refractivity contribution in [2.24, 2.45) is 5.92 Å². The summed E-state index contributed by atoms with van der Waals surface area (Å²) in [5.41, 5.74) is 1.39. The zero-order valence-corrected chi connectivity index (χ0v) is 13.8. The summed E-state index contributed by atoms with van der Waals surface area (Å²) < 4.78 is 1.23. The van der Waals surface area contributed by atoms with Crippen LogP contribution in [-0.4, -0.2) is 30.1 Å². The quantitative estimate of drug-likeness (QED) is 0.909. The molecular weight excluding hydrogens is 300 g/mol. The normalized spacial score (nSPS) is 24.9. The van der Waals surface area contributed by atoms with Crippen LogP contribution in [0.2, 0.25) is 0 Å². The van der Waals surface area contributed by atoms with Crippen LogP contribution in [0.4, 0.5) is 0 Å².